The highest BCUT2D eigenvalue weighted by Gasteiger charge is 2.34. The van der Waals surface area contributed by atoms with E-state index in [2.05, 4.69) is 20.8 Å². The van der Waals surface area contributed by atoms with E-state index in [9.17, 15) is 5.11 Å². The van der Waals surface area contributed by atoms with Crippen molar-refractivity contribution in [3.8, 4) is 0 Å². The molecule has 1 unspecified atom stereocenters. The minimum absolute atomic E-state index is 0.424. The lowest BCUT2D eigenvalue weighted by atomic mass is 9.71. The van der Waals surface area contributed by atoms with Gasteiger partial charge in [-0.2, -0.15) is 0 Å². The lowest BCUT2D eigenvalue weighted by Crippen LogP contribution is -2.38. The summed E-state index contributed by atoms with van der Waals surface area (Å²) >= 11 is 0. The van der Waals surface area contributed by atoms with E-state index in [0.717, 1.165) is 12.3 Å². The first-order valence-corrected chi connectivity index (χ1v) is 6.68. The molecule has 1 saturated carbocycles. The highest BCUT2D eigenvalue weighted by molar-refractivity contribution is 4.86. The summed E-state index contributed by atoms with van der Waals surface area (Å²) in [6.07, 6.45) is 7.40. The molecule has 1 aliphatic rings. The molecule has 0 radical (unpaired) electrons. The van der Waals surface area contributed by atoms with Gasteiger partial charge in [-0.25, -0.2) is 0 Å². The summed E-state index contributed by atoms with van der Waals surface area (Å²) in [7, 11) is 0. The van der Waals surface area contributed by atoms with Crippen LogP contribution in [0.1, 0.15) is 66.2 Å². The van der Waals surface area contributed by atoms with Crippen LogP contribution in [0.2, 0.25) is 0 Å². The van der Waals surface area contributed by atoms with Crippen LogP contribution in [0.5, 0.6) is 0 Å². The molecule has 1 rings (SSSR count). The highest BCUT2D eigenvalue weighted by atomic mass is 16.3. The van der Waals surface area contributed by atoms with E-state index >= 15 is 0 Å². The lowest BCUT2D eigenvalue weighted by molar-refractivity contribution is -0.0380. The number of hydrogen-bond donors (Lipinski definition) is 1. The van der Waals surface area contributed by atoms with Crippen LogP contribution in [0, 0.1) is 17.8 Å². The van der Waals surface area contributed by atoms with E-state index < -0.39 is 5.60 Å². The average Bonchev–Trinajstić information content (AvgIpc) is 2.16. The second-order valence-electron chi connectivity index (χ2n) is 6.08. The van der Waals surface area contributed by atoms with Gasteiger partial charge in [0.1, 0.15) is 0 Å². The molecule has 0 aromatic heterocycles. The third-order valence-electron chi connectivity index (χ3n) is 4.13. The third-order valence-corrected chi connectivity index (χ3v) is 4.13. The van der Waals surface area contributed by atoms with Crippen molar-refractivity contribution in [1.82, 2.24) is 0 Å². The molecule has 1 atom stereocenters. The fourth-order valence-electron chi connectivity index (χ4n) is 3.19. The normalized spacial score (nSPS) is 31.6. The summed E-state index contributed by atoms with van der Waals surface area (Å²) in [4.78, 5) is 0. The van der Waals surface area contributed by atoms with Crippen LogP contribution in [-0.4, -0.2) is 10.7 Å². The Bertz CT molecular complexity index is 176. The van der Waals surface area contributed by atoms with Gasteiger partial charge in [0.05, 0.1) is 5.60 Å². The van der Waals surface area contributed by atoms with Crippen LogP contribution in [-0.2, 0) is 0 Å². The molecule has 1 aliphatic carbocycles. The van der Waals surface area contributed by atoms with Gasteiger partial charge in [0.2, 0.25) is 0 Å². The summed E-state index contributed by atoms with van der Waals surface area (Å²) in [5.41, 5.74) is -0.424. The van der Waals surface area contributed by atoms with Crippen LogP contribution in [0.15, 0.2) is 0 Å². The van der Waals surface area contributed by atoms with Crippen molar-refractivity contribution in [2.45, 2.75) is 71.8 Å². The Hall–Kier alpha value is -0.0400. The summed E-state index contributed by atoms with van der Waals surface area (Å²) in [6.45, 7) is 8.74. The Balaban J connectivity index is 2.44. The van der Waals surface area contributed by atoms with Crippen LogP contribution in [0.4, 0.5) is 0 Å². The smallest absolute Gasteiger partial charge is 0.0650 e. The predicted molar refractivity (Wildman–Crippen MR) is 65.8 cm³/mol. The van der Waals surface area contributed by atoms with E-state index in [-0.39, 0.29) is 0 Å². The number of hydrogen-bond acceptors (Lipinski definition) is 1. The van der Waals surface area contributed by atoms with Crippen molar-refractivity contribution >= 4 is 0 Å². The first-order valence-electron chi connectivity index (χ1n) is 6.68. The Morgan fingerprint density at radius 2 is 1.73 bits per heavy atom. The van der Waals surface area contributed by atoms with Gasteiger partial charge in [0.25, 0.3) is 0 Å². The topological polar surface area (TPSA) is 20.2 Å². The van der Waals surface area contributed by atoms with Crippen LogP contribution in [0.3, 0.4) is 0 Å². The van der Waals surface area contributed by atoms with Gasteiger partial charge in [0, 0.05) is 0 Å². The quantitative estimate of drug-likeness (QED) is 0.747. The molecular weight excluding hydrogens is 184 g/mol. The zero-order valence-corrected chi connectivity index (χ0v) is 10.9. The molecule has 0 bridgehead atoms. The molecule has 1 heteroatoms. The molecule has 0 saturated heterocycles. The Kier molecular flexibility index (Phi) is 4.64. The molecule has 1 fully saturated rings. The van der Waals surface area contributed by atoms with Crippen molar-refractivity contribution in [2.24, 2.45) is 17.8 Å². The minimum Gasteiger partial charge on any atom is -0.390 e. The van der Waals surface area contributed by atoms with Gasteiger partial charge in [-0.1, -0.05) is 40.0 Å². The highest BCUT2D eigenvalue weighted by Crippen LogP contribution is 2.39. The molecular formula is C14H28O. The van der Waals surface area contributed by atoms with Crippen molar-refractivity contribution < 1.29 is 5.11 Å². The molecule has 0 amide bonds. The molecule has 0 spiro atoms. The molecule has 0 aromatic carbocycles. The van der Waals surface area contributed by atoms with Crippen molar-refractivity contribution in [3.63, 3.8) is 0 Å². The van der Waals surface area contributed by atoms with E-state index in [1.165, 1.54) is 32.1 Å². The van der Waals surface area contributed by atoms with E-state index in [4.69, 9.17) is 0 Å². The molecule has 1 nitrogen and oxygen atoms in total. The van der Waals surface area contributed by atoms with Crippen molar-refractivity contribution in [1.29, 1.82) is 0 Å². The van der Waals surface area contributed by atoms with Gasteiger partial charge in [0.15, 0.2) is 0 Å². The largest absolute Gasteiger partial charge is 0.390 e. The number of aliphatic hydroxyl groups is 1. The third kappa shape index (κ3) is 3.79. The molecule has 1 N–H and O–H groups in total. The summed E-state index contributed by atoms with van der Waals surface area (Å²) in [5, 5.41) is 10.5. The van der Waals surface area contributed by atoms with Crippen molar-refractivity contribution in [2.75, 3.05) is 0 Å². The Labute approximate surface area is 95.3 Å². The predicted octanol–water partition coefficient (Wildman–Crippen LogP) is 4.00. The maximum absolute atomic E-state index is 10.5. The van der Waals surface area contributed by atoms with Gasteiger partial charge in [-0.3, -0.25) is 0 Å². The Morgan fingerprint density at radius 3 is 2.13 bits per heavy atom. The fraction of sp³-hybridized carbons (Fsp3) is 1.00. The Morgan fingerprint density at radius 1 is 1.20 bits per heavy atom. The first kappa shape index (κ1) is 13.0. The van der Waals surface area contributed by atoms with E-state index in [0.29, 0.717) is 11.8 Å². The SMILES string of the molecule is CCC1CCC(C(C)(O)CC(C)C)CC1. The molecule has 90 valence electrons. The van der Waals surface area contributed by atoms with E-state index in [1.807, 2.05) is 6.92 Å². The molecule has 0 aromatic rings. The van der Waals surface area contributed by atoms with Gasteiger partial charge < -0.3 is 5.11 Å². The zero-order valence-electron chi connectivity index (χ0n) is 10.9. The standard InChI is InChI=1S/C14H28O/c1-5-12-6-8-13(9-7-12)14(4,15)10-11(2)3/h11-13,15H,5-10H2,1-4H3. The lowest BCUT2D eigenvalue weighted by Gasteiger charge is -2.39. The van der Waals surface area contributed by atoms with Crippen LogP contribution >= 0.6 is 0 Å². The van der Waals surface area contributed by atoms with Crippen LogP contribution in [0.25, 0.3) is 0 Å². The second kappa shape index (κ2) is 5.34. The summed E-state index contributed by atoms with van der Waals surface area (Å²) in [6, 6.07) is 0. The molecule has 0 heterocycles. The summed E-state index contributed by atoms with van der Waals surface area (Å²) in [5.74, 6) is 2.07. The van der Waals surface area contributed by atoms with Gasteiger partial charge in [-0.05, 0) is 43.9 Å². The number of rotatable bonds is 4. The maximum atomic E-state index is 10.5. The van der Waals surface area contributed by atoms with E-state index in [1.54, 1.807) is 0 Å². The monoisotopic (exact) mass is 212 g/mol. The zero-order chi connectivity index (χ0) is 11.5. The average molecular weight is 212 g/mol. The van der Waals surface area contributed by atoms with Gasteiger partial charge >= 0.3 is 0 Å². The fourth-order valence-corrected chi connectivity index (χ4v) is 3.19. The molecule has 0 aliphatic heterocycles. The van der Waals surface area contributed by atoms with Crippen LogP contribution < -0.4 is 0 Å². The maximum Gasteiger partial charge on any atom is 0.0650 e. The minimum atomic E-state index is -0.424. The molecule has 15 heavy (non-hydrogen) atoms. The van der Waals surface area contributed by atoms with Gasteiger partial charge in [-0.15, -0.1) is 0 Å². The first-order chi connectivity index (χ1) is 6.95. The second-order valence-corrected chi connectivity index (χ2v) is 6.08. The summed E-state index contributed by atoms with van der Waals surface area (Å²) < 4.78 is 0. The van der Waals surface area contributed by atoms with Crippen molar-refractivity contribution in [3.05, 3.63) is 0 Å².